The van der Waals surface area contributed by atoms with Gasteiger partial charge in [0.1, 0.15) is 0 Å². The molecule has 1 aliphatic rings. The first-order valence-electron chi connectivity index (χ1n) is 6.89. The third-order valence-electron chi connectivity index (χ3n) is 4.28. The highest BCUT2D eigenvalue weighted by Crippen LogP contribution is 2.37. The largest absolute Gasteiger partial charge is 0.378 e. The Labute approximate surface area is 110 Å². The van der Waals surface area contributed by atoms with Gasteiger partial charge in [-0.05, 0) is 39.3 Å². The van der Waals surface area contributed by atoms with E-state index >= 15 is 0 Å². The van der Waals surface area contributed by atoms with Crippen molar-refractivity contribution in [3.8, 4) is 0 Å². The Hall–Kier alpha value is -0.870. The smallest absolute Gasteiger partial charge is 0.0624 e. The lowest BCUT2D eigenvalue weighted by Crippen LogP contribution is -2.40. The maximum Gasteiger partial charge on any atom is 0.0624 e. The van der Waals surface area contributed by atoms with E-state index in [2.05, 4.69) is 30.3 Å². The summed E-state index contributed by atoms with van der Waals surface area (Å²) in [6.45, 7) is 6.22. The van der Waals surface area contributed by atoms with Crippen LogP contribution in [0.1, 0.15) is 31.7 Å². The van der Waals surface area contributed by atoms with Crippen molar-refractivity contribution in [2.24, 2.45) is 12.5 Å². The molecule has 4 heteroatoms. The standard InChI is InChI=1S/C14H25N3O/c1-5-12-8-13(17(4)16-12)9-14(10-15-3)6-7-18-11(14)2/h8,11,15H,5-7,9-10H2,1-4H3. The molecule has 2 atom stereocenters. The molecule has 0 aliphatic carbocycles. The average molecular weight is 251 g/mol. The summed E-state index contributed by atoms with van der Waals surface area (Å²) >= 11 is 0. The summed E-state index contributed by atoms with van der Waals surface area (Å²) in [7, 11) is 4.07. The molecule has 2 unspecified atom stereocenters. The minimum absolute atomic E-state index is 0.216. The Morgan fingerprint density at radius 3 is 2.89 bits per heavy atom. The summed E-state index contributed by atoms with van der Waals surface area (Å²) in [4.78, 5) is 0. The van der Waals surface area contributed by atoms with Crippen molar-refractivity contribution in [1.29, 1.82) is 0 Å². The molecule has 102 valence electrons. The third-order valence-corrected chi connectivity index (χ3v) is 4.28. The van der Waals surface area contributed by atoms with E-state index in [0.717, 1.165) is 32.4 Å². The molecule has 1 saturated heterocycles. The molecular weight excluding hydrogens is 226 g/mol. The van der Waals surface area contributed by atoms with Crippen LogP contribution in [0.25, 0.3) is 0 Å². The minimum Gasteiger partial charge on any atom is -0.378 e. The Morgan fingerprint density at radius 2 is 2.39 bits per heavy atom. The van der Waals surface area contributed by atoms with E-state index in [9.17, 15) is 0 Å². The van der Waals surface area contributed by atoms with E-state index in [1.165, 1.54) is 11.4 Å². The Bertz CT molecular complexity index is 402. The van der Waals surface area contributed by atoms with Crippen LogP contribution in [-0.2, 0) is 24.6 Å². The summed E-state index contributed by atoms with van der Waals surface area (Å²) in [6, 6.07) is 2.24. The van der Waals surface area contributed by atoms with Crippen molar-refractivity contribution in [2.45, 2.75) is 39.2 Å². The van der Waals surface area contributed by atoms with Crippen molar-refractivity contribution in [3.05, 3.63) is 17.5 Å². The van der Waals surface area contributed by atoms with E-state index in [0.29, 0.717) is 6.10 Å². The topological polar surface area (TPSA) is 39.1 Å². The van der Waals surface area contributed by atoms with Gasteiger partial charge in [-0.15, -0.1) is 0 Å². The quantitative estimate of drug-likeness (QED) is 0.863. The van der Waals surface area contributed by atoms with E-state index in [1.807, 2.05) is 18.8 Å². The van der Waals surface area contributed by atoms with Gasteiger partial charge < -0.3 is 10.1 Å². The number of nitrogens with one attached hydrogen (secondary N) is 1. The summed E-state index contributed by atoms with van der Waals surface area (Å²) < 4.78 is 7.83. The number of nitrogens with zero attached hydrogens (tertiary/aromatic N) is 2. The van der Waals surface area contributed by atoms with Crippen molar-refractivity contribution >= 4 is 0 Å². The van der Waals surface area contributed by atoms with Gasteiger partial charge in [-0.3, -0.25) is 4.68 Å². The molecule has 1 fully saturated rings. The number of aryl methyl sites for hydroxylation is 2. The Balaban J connectivity index is 2.20. The SMILES string of the molecule is CCc1cc(CC2(CNC)CCOC2C)n(C)n1. The van der Waals surface area contributed by atoms with Crippen LogP contribution < -0.4 is 5.32 Å². The molecule has 4 nitrogen and oxygen atoms in total. The second kappa shape index (κ2) is 5.41. The molecule has 1 N–H and O–H groups in total. The predicted octanol–water partition coefficient (Wildman–Crippen LogP) is 1.54. The highest BCUT2D eigenvalue weighted by Gasteiger charge is 2.41. The first-order chi connectivity index (χ1) is 8.61. The molecule has 2 heterocycles. The van der Waals surface area contributed by atoms with Crippen molar-refractivity contribution in [1.82, 2.24) is 15.1 Å². The fraction of sp³-hybridized carbons (Fsp3) is 0.786. The lowest BCUT2D eigenvalue weighted by Gasteiger charge is -2.32. The molecule has 0 bridgehead atoms. The van der Waals surface area contributed by atoms with Gasteiger partial charge in [0.25, 0.3) is 0 Å². The first-order valence-corrected chi connectivity index (χ1v) is 6.89. The second-order valence-electron chi connectivity index (χ2n) is 5.44. The van der Waals surface area contributed by atoms with Gasteiger partial charge in [0.05, 0.1) is 11.8 Å². The zero-order chi connectivity index (χ0) is 13.2. The summed E-state index contributed by atoms with van der Waals surface area (Å²) in [5, 5.41) is 7.87. The van der Waals surface area contributed by atoms with Gasteiger partial charge >= 0.3 is 0 Å². The molecule has 0 spiro atoms. The normalized spacial score (nSPS) is 27.9. The fourth-order valence-corrected chi connectivity index (χ4v) is 2.97. The monoisotopic (exact) mass is 251 g/mol. The first kappa shape index (κ1) is 13.6. The van der Waals surface area contributed by atoms with Crippen LogP contribution in [-0.4, -0.2) is 36.1 Å². The van der Waals surface area contributed by atoms with Crippen LogP contribution >= 0.6 is 0 Å². The van der Waals surface area contributed by atoms with Crippen LogP contribution in [0.2, 0.25) is 0 Å². The minimum atomic E-state index is 0.216. The highest BCUT2D eigenvalue weighted by molar-refractivity contribution is 5.14. The molecule has 2 rings (SSSR count). The van der Waals surface area contributed by atoms with Crippen LogP contribution in [0.5, 0.6) is 0 Å². The second-order valence-corrected chi connectivity index (χ2v) is 5.44. The molecule has 1 aliphatic heterocycles. The lowest BCUT2D eigenvalue weighted by atomic mass is 9.77. The summed E-state index contributed by atoms with van der Waals surface area (Å²) in [6.07, 6.45) is 3.48. The molecular formula is C14H25N3O. The van der Waals surface area contributed by atoms with Gasteiger partial charge in [-0.25, -0.2) is 0 Å². The zero-order valence-electron chi connectivity index (χ0n) is 12.0. The van der Waals surface area contributed by atoms with E-state index in [4.69, 9.17) is 4.74 Å². The lowest BCUT2D eigenvalue weighted by molar-refractivity contribution is 0.0631. The fourth-order valence-electron chi connectivity index (χ4n) is 2.97. The number of aromatic nitrogens is 2. The van der Waals surface area contributed by atoms with Gasteiger partial charge in [-0.2, -0.15) is 5.10 Å². The highest BCUT2D eigenvalue weighted by atomic mass is 16.5. The number of ether oxygens (including phenoxy) is 1. The van der Waals surface area contributed by atoms with Crippen LogP contribution in [0.3, 0.4) is 0 Å². The van der Waals surface area contributed by atoms with Gasteiger partial charge in [0.15, 0.2) is 0 Å². The molecule has 1 aromatic rings. The Morgan fingerprint density at radius 1 is 1.61 bits per heavy atom. The molecule has 0 aromatic carbocycles. The van der Waals surface area contributed by atoms with Gasteiger partial charge in [0.2, 0.25) is 0 Å². The number of hydrogen-bond donors (Lipinski definition) is 1. The molecule has 0 amide bonds. The zero-order valence-corrected chi connectivity index (χ0v) is 12.0. The van der Waals surface area contributed by atoms with Crippen molar-refractivity contribution in [3.63, 3.8) is 0 Å². The summed E-state index contributed by atoms with van der Waals surface area (Å²) in [5.74, 6) is 0. The average Bonchev–Trinajstić information content (AvgIpc) is 2.86. The van der Waals surface area contributed by atoms with Crippen LogP contribution in [0, 0.1) is 5.41 Å². The molecule has 18 heavy (non-hydrogen) atoms. The van der Waals surface area contributed by atoms with Crippen molar-refractivity contribution < 1.29 is 4.74 Å². The molecule has 1 aromatic heterocycles. The molecule has 0 radical (unpaired) electrons. The van der Waals surface area contributed by atoms with Gasteiger partial charge in [0, 0.05) is 31.3 Å². The molecule has 0 saturated carbocycles. The summed E-state index contributed by atoms with van der Waals surface area (Å²) in [5.41, 5.74) is 2.71. The number of rotatable bonds is 5. The van der Waals surface area contributed by atoms with Crippen molar-refractivity contribution in [2.75, 3.05) is 20.2 Å². The Kier molecular flexibility index (Phi) is 4.07. The van der Waals surface area contributed by atoms with E-state index < -0.39 is 0 Å². The van der Waals surface area contributed by atoms with Crippen LogP contribution in [0.4, 0.5) is 0 Å². The van der Waals surface area contributed by atoms with E-state index in [1.54, 1.807) is 0 Å². The maximum atomic E-state index is 5.80. The van der Waals surface area contributed by atoms with Gasteiger partial charge in [-0.1, -0.05) is 6.92 Å². The maximum absolute atomic E-state index is 5.80. The van der Waals surface area contributed by atoms with E-state index in [-0.39, 0.29) is 5.41 Å². The van der Waals surface area contributed by atoms with Crippen LogP contribution in [0.15, 0.2) is 6.07 Å². The number of hydrogen-bond acceptors (Lipinski definition) is 3. The third kappa shape index (κ3) is 2.45. The predicted molar refractivity (Wildman–Crippen MR) is 72.7 cm³/mol.